The fourth-order valence-electron chi connectivity index (χ4n) is 1.37. The molecule has 2 rings (SSSR count). The molecule has 17 heavy (non-hydrogen) atoms. The first-order valence-electron chi connectivity index (χ1n) is 4.90. The Morgan fingerprint density at radius 1 is 1.24 bits per heavy atom. The number of thiophene rings is 1. The van der Waals surface area contributed by atoms with Crippen LogP contribution in [0.4, 0.5) is 4.39 Å². The van der Waals surface area contributed by atoms with E-state index in [2.05, 4.69) is 31.9 Å². The summed E-state index contributed by atoms with van der Waals surface area (Å²) in [6.45, 7) is 0.460. The molecule has 0 N–H and O–H groups in total. The molecule has 0 aliphatic heterocycles. The summed E-state index contributed by atoms with van der Waals surface area (Å²) >= 11 is 8.30. The van der Waals surface area contributed by atoms with Crippen molar-refractivity contribution >= 4 is 43.2 Å². The number of halogens is 3. The number of alkyl halides is 1. The molecule has 0 spiro atoms. The first kappa shape index (κ1) is 13.1. The van der Waals surface area contributed by atoms with Crippen molar-refractivity contribution in [1.29, 1.82) is 0 Å². The van der Waals surface area contributed by atoms with E-state index in [0.29, 0.717) is 17.7 Å². The molecule has 0 aliphatic carbocycles. The Kier molecular flexibility index (Phi) is 4.59. The van der Waals surface area contributed by atoms with Gasteiger partial charge < -0.3 is 4.74 Å². The van der Waals surface area contributed by atoms with Crippen LogP contribution in [-0.2, 0) is 11.9 Å². The molecule has 0 aliphatic rings. The van der Waals surface area contributed by atoms with Crippen LogP contribution in [-0.4, -0.2) is 0 Å². The van der Waals surface area contributed by atoms with Gasteiger partial charge in [0, 0.05) is 16.3 Å². The third kappa shape index (κ3) is 3.79. The van der Waals surface area contributed by atoms with E-state index >= 15 is 0 Å². The molecule has 0 atom stereocenters. The molecule has 1 aromatic carbocycles. The number of hydrogen-bond acceptors (Lipinski definition) is 2. The second kappa shape index (κ2) is 5.98. The highest BCUT2D eigenvalue weighted by molar-refractivity contribution is 9.11. The van der Waals surface area contributed by atoms with Gasteiger partial charge in [-0.2, -0.15) is 0 Å². The third-order valence-corrected chi connectivity index (χ3v) is 4.34. The predicted octanol–water partition coefficient (Wildman–Crippen LogP) is 5.12. The van der Waals surface area contributed by atoms with Crippen molar-refractivity contribution in [2.75, 3.05) is 0 Å². The van der Waals surface area contributed by atoms with Gasteiger partial charge in [0.25, 0.3) is 0 Å². The van der Waals surface area contributed by atoms with Gasteiger partial charge in [0.2, 0.25) is 0 Å². The summed E-state index contributed by atoms with van der Waals surface area (Å²) in [6.07, 6.45) is 0. The van der Waals surface area contributed by atoms with Crippen molar-refractivity contribution in [1.82, 2.24) is 0 Å². The Bertz CT molecular complexity index is 513. The molecule has 0 bridgehead atoms. The van der Waals surface area contributed by atoms with Crippen LogP contribution in [0.15, 0.2) is 34.1 Å². The van der Waals surface area contributed by atoms with Crippen LogP contribution >= 0.6 is 43.2 Å². The normalized spacial score (nSPS) is 10.5. The average Bonchev–Trinajstić information content (AvgIpc) is 2.72. The Balaban J connectivity index is 2.05. The molecule has 1 heterocycles. The number of hydrogen-bond donors (Lipinski definition) is 0. The quantitative estimate of drug-likeness (QED) is 0.669. The van der Waals surface area contributed by atoms with Crippen molar-refractivity contribution in [3.63, 3.8) is 0 Å². The van der Waals surface area contributed by atoms with E-state index in [1.165, 1.54) is 12.1 Å². The molecule has 0 fully saturated rings. The minimum Gasteiger partial charge on any atom is -0.488 e. The average molecular weight is 380 g/mol. The number of rotatable bonds is 4. The second-order valence-corrected chi connectivity index (χ2v) is 6.53. The molecule has 0 saturated heterocycles. The van der Waals surface area contributed by atoms with Crippen LogP contribution in [0.1, 0.15) is 10.4 Å². The lowest BCUT2D eigenvalue weighted by atomic mass is 10.2. The van der Waals surface area contributed by atoms with Gasteiger partial charge in [0.15, 0.2) is 0 Å². The first-order valence-corrected chi connectivity index (χ1v) is 7.63. The molecular formula is C12H9Br2FOS. The van der Waals surface area contributed by atoms with Crippen LogP contribution in [0.2, 0.25) is 0 Å². The highest BCUT2D eigenvalue weighted by Gasteiger charge is 2.03. The van der Waals surface area contributed by atoms with Gasteiger partial charge in [-0.05, 0) is 45.8 Å². The van der Waals surface area contributed by atoms with Crippen molar-refractivity contribution in [2.24, 2.45) is 0 Å². The minimum atomic E-state index is -0.274. The van der Waals surface area contributed by atoms with Gasteiger partial charge in [-0.25, -0.2) is 4.39 Å². The molecule has 0 radical (unpaired) electrons. The molecule has 2 aromatic rings. The van der Waals surface area contributed by atoms with E-state index in [1.54, 1.807) is 11.3 Å². The lowest BCUT2D eigenvalue weighted by Crippen LogP contribution is -1.94. The van der Waals surface area contributed by atoms with E-state index in [1.807, 2.05) is 18.2 Å². The second-order valence-electron chi connectivity index (χ2n) is 3.42. The summed E-state index contributed by atoms with van der Waals surface area (Å²) in [7, 11) is 0. The van der Waals surface area contributed by atoms with Gasteiger partial charge in [0.05, 0.1) is 3.79 Å². The molecule has 0 saturated carbocycles. The summed E-state index contributed by atoms with van der Waals surface area (Å²) in [5.41, 5.74) is 0.868. The van der Waals surface area contributed by atoms with E-state index in [9.17, 15) is 4.39 Å². The van der Waals surface area contributed by atoms with Gasteiger partial charge in [-0.1, -0.05) is 15.9 Å². The zero-order valence-electron chi connectivity index (χ0n) is 8.75. The molecule has 1 aromatic heterocycles. The van der Waals surface area contributed by atoms with Crippen molar-refractivity contribution in [3.8, 4) is 5.75 Å². The minimum absolute atomic E-state index is 0.274. The zero-order chi connectivity index (χ0) is 12.3. The Labute approximate surface area is 120 Å². The highest BCUT2D eigenvalue weighted by Crippen LogP contribution is 2.24. The van der Waals surface area contributed by atoms with Crippen molar-refractivity contribution < 1.29 is 9.13 Å². The molecule has 5 heteroatoms. The lowest BCUT2D eigenvalue weighted by Gasteiger charge is -2.06. The standard InChI is InChI=1S/C12H9Br2FOS/c13-6-8-3-9(15)5-10(4-8)16-7-11-1-2-12(14)17-11/h1-5H,6-7H2. The highest BCUT2D eigenvalue weighted by atomic mass is 79.9. The monoisotopic (exact) mass is 378 g/mol. The van der Waals surface area contributed by atoms with Gasteiger partial charge in [0.1, 0.15) is 18.2 Å². The molecule has 0 amide bonds. The SMILES string of the molecule is Fc1cc(CBr)cc(OCc2ccc(Br)s2)c1. The fraction of sp³-hybridized carbons (Fsp3) is 0.167. The Hall–Kier alpha value is -0.390. The van der Waals surface area contributed by atoms with Crippen LogP contribution in [0, 0.1) is 5.82 Å². The van der Waals surface area contributed by atoms with Gasteiger partial charge in [-0.15, -0.1) is 11.3 Å². The Morgan fingerprint density at radius 2 is 2.06 bits per heavy atom. The van der Waals surface area contributed by atoms with Gasteiger partial charge in [-0.3, -0.25) is 0 Å². The summed E-state index contributed by atoms with van der Waals surface area (Å²) in [4.78, 5) is 1.10. The predicted molar refractivity (Wildman–Crippen MR) is 75.4 cm³/mol. The maximum absolute atomic E-state index is 13.2. The number of ether oxygens (including phenoxy) is 1. The van der Waals surface area contributed by atoms with Crippen LogP contribution in [0.25, 0.3) is 0 Å². The molecule has 90 valence electrons. The van der Waals surface area contributed by atoms with E-state index < -0.39 is 0 Å². The third-order valence-electron chi connectivity index (χ3n) is 2.10. The molecular weight excluding hydrogens is 371 g/mol. The van der Waals surface area contributed by atoms with Crippen LogP contribution < -0.4 is 4.74 Å². The van der Waals surface area contributed by atoms with Crippen LogP contribution in [0.5, 0.6) is 5.75 Å². The first-order chi connectivity index (χ1) is 8.17. The number of benzene rings is 1. The summed E-state index contributed by atoms with van der Waals surface area (Å²) in [5, 5.41) is 0.617. The van der Waals surface area contributed by atoms with Crippen LogP contribution in [0.3, 0.4) is 0 Å². The van der Waals surface area contributed by atoms with Crippen molar-refractivity contribution in [2.45, 2.75) is 11.9 Å². The van der Waals surface area contributed by atoms with E-state index in [0.717, 1.165) is 14.2 Å². The Morgan fingerprint density at radius 3 is 2.71 bits per heavy atom. The maximum atomic E-state index is 13.2. The largest absolute Gasteiger partial charge is 0.488 e. The van der Waals surface area contributed by atoms with E-state index in [-0.39, 0.29) is 5.82 Å². The van der Waals surface area contributed by atoms with Gasteiger partial charge >= 0.3 is 0 Å². The molecule has 1 nitrogen and oxygen atoms in total. The van der Waals surface area contributed by atoms with Crippen molar-refractivity contribution in [3.05, 3.63) is 50.4 Å². The lowest BCUT2D eigenvalue weighted by molar-refractivity contribution is 0.308. The van der Waals surface area contributed by atoms with E-state index in [4.69, 9.17) is 4.74 Å². The maximum Gasteiger partial charge on any atom is 0.127 e. The smallest absolute Gasteiger partial charge is 0.127 e. The summed E-state index contributed by atoms with van der Waals surface area (Å²) < 4.78 is 19.9. The fourth-order valence-corrected chi connectivity index (χ4v) is 3.09. The topological polar surface area (TPSA) is 9.23 Å². The molecule has 0 unspecified atom stereocenters. The summed E-state index contributed by atoms with van der Waals surface area (Å²) in [5.74, 6) is 0.285. The summed E-state index contributed by atoms with van der Waals surface area (Å²) in [6, 6.07) is 8.68. The zero-order valence-corrected chi connectivity index (χ0v) is 12.7.